The standard InChI is InChI=1S/C15H18ClN3OS/c1-8(2)17-12-5-10(16)3-9-4-13(19-14(9)12)15-18-11(6-20)7-21-15/h3-5,8,11,17,19-20H,6-7H2,1-2H3. The molecule has 1 atom stereocenters. The van der Waals surface area contributed by atoms with E-state index < -0.39 is 0 Å². The molecule has 0 radical (unpaired) electrons. The fraction of sp³-hybridized carbons (Fsp3) is 0.400. The van der Waals surface area contributed by atoms with Gasteiger partial charge in [-0.3, -0.25) is 4.99 Å². The molecule has 0 saturated carbocycles. The summed E-state index contributed by atoms with van der Waals surface area (Å²) in [4.78, 5) is 7.96. The van der Waals surface area contributed by atoms with Gasteiger partial charge < -0.3 is 15.4 Å². The molecule has 1 aliphatic heterocycles. The normalized spacial score (nSPS) is 18.5. The molecular formula is C15H18ClN3OS. The quantitative estimate of drug-likeness (QED) is 0.807. The summed E-state index contributed by atoms with van der Waals surface area (Å²) in [5.41, 5.74) is 3.03. The van der Waals surface area contributed by atoms with Crippen LogP contribution in [0, 0.1) is 0 Å². The van der Waals surface area contributed by atoms with Gasteiger partial charge in [0, 0.05) is 22.2 Å². The minimum atomic E-state index is 0.00765. The van der Waals surface area contributed by atoms with Crippen LogP contribution in [0.2, 0.25) is 5.02 Å². The topological polar surface area (TPSA) is 60.4 Å². The highest BCUT2D eigenvalue weighted by Crippen LogP contribution is 2.31. The van der Waals surface area contributed by atoms with Gasteiger partial charge in [0.25, 0.3) is 0 Å². The summed E-state index contributed by atoms with van der Waals surface area (Å²) in [7, 11) is 0. The molecule has 4 nitrogen and oxygen atoms in total. The van der Waals surface area contributed by atoms with Crippen LogP contribution in [0.3, 0.4) is 0 Å². The van der Waals surface area contributed by atoms with Gasteiger partial charge in [-0.25, -0.2) is 0 Å². The molecular weight excluding hydrogens is 306 g/mol. The number of nitrogens with one attached hydrogen (secondary N) is 2. The zero-order valence-electron chi connectivity index (χ0n) is 12.0. The van der Waals surface area contributed by atoms with Crippen LogP contribution < -0.4 is 5.32 Å². The first-order chi connectivity index (χ1) is 10.1. The molecule has 2 heterocycles. The summed E-state index contributed by atoms with van der Waals surface area (Å²) in [6.45, 7) is 4.29. The molecule has 3 N–H and O–H groups in total. The molecule has 21 heavy (non-hydrogen) atoms. The fourth-order valence-electron chi connectivity index (χ4n) is 2.40. The van der Waals surface area contributed by atoms with Gasteiger partial charge in [-0.1, -0.05) is 11.6 Å². The molecule has 112 valence electrons. The van der Waals surface area contributed by atoms with Crippen molar-refractivity contribution in [2.75, 3.05) is 17.7 Å². The Bertz CT molecular complexity index is 696. The average molecular weight is 324 g/mol. The Morgan fingerprint density at radius 3 is 2.95 bits per heavy atom. The van der Waals surface area contributed by atoms with E-state index in [2.05, 4.69) is 35.2 Å². The lowest BCUT2D eigenvalue weighted by molar-refractivity contribution is 0.277. The van der Waals surface area contributed by atoms with E-state index in [-0.39, 0.29) is 12.6 Å². The number of aliphatic hydroxyl groups is 1. The number of aromatic nitrogens is 1. The highest BCUT2D eigenvalue weighted by Gasteiger charge is 2.20. The number of halogens is 1. The second-order valence-corrected chi connectivity index (χ2v) is 6.93. The van der Waals surface area contributed by atoms with Crippen molar-refractivity contribution in [1.82, 2.24) is 4.98 Å². The summed E-state index contributed by atoms with van der Waals surface area (Å²) in [5.74, 6) is 0.832. The minimum absolute atomic E-state index is 0.00765. The van der Waals surface area contributed by atoms with E-state index in [1.54, 1.807) is 11.8 Å². The first-order valence-electron chi connectivity index (χ1n) is 6.97. The van der Waals surface area contributed by atoms with Crippen molar-refractivity contribution in [3.8, 4) is 0 Å². The van der Waals surface area contributed by atoms with Crippen molar-refractivity contribution in [1.29, 1.82) is 0 Å². The zero-order chi connectivity index (χ0) is 15.0. The molecule has 0 amide bonds. The van der Waals surface area contributed by atoms with Crippen molar-refractivity contribution < 1.29 is 5.11 Å². The van der Waals surface area contributed by atoms with Gasteiger partial charge in [0.2, 0.25) is 0 Å². The number of hydrogen-bond acceptors (Lipinski definition) is 4. The number of nitrogens with zero attached hydrogens (tertiary/aromatic N) is 1. The van der Waals surface area contributed by atoms with Gasteiger partial charge in [0.15, 0.2) is 0 Å². The van der Waals surface area contributed by atoms with Crippen molar-refractivity contribution in [2.24, 2.45) is 4.99 Å². The van der Waals surface area contributed by atoms with Crippen LogP contribution in [0.1, 0.15) is 19.5 Å². The van der Waals surface area contributed by atoms with E-state index in [9.17, 15) is 5.11 Å². The maximum Gasteiger partial charge on any atom is 0.115 e. The first kappa shape index (κ1) is 14.8. The Hall–Kier alpha value is -1.17. The molecule has 0 saturated heterocycles. The molecule has 0 spiro atoms. The average Bonchev–Trinajstić information content (AvgIpc) is 3.02. The lowest BCUT2D eigenvalue weighted by Gasteiger charge is -2.11. The van der Waals surface area contributed by atoms with Crippen LogP contribution in [-0.4, -0.2) is 39.6 Å². The molecule has 0 aliphatic carbocycles. The number of thioether (sulfide) groups is 1. The number of aromatic amines is 1. The van der Waals surface area contributed by atoms with Crippen LogP contribution in [0.4, 0.5) is 5.69 Å². The third-order valence-electron chi connectivity index (χ3n) is 3.29. The lowest BCUT2D eigenvalue weighted by Crippen LogP contribution is -2.10. The first-order valence-corrected chi connectivity index (χ1v) is 8.34. The molecule has 0 bridgehead atoms. The molecule has 1 unspecified atom stereocenters. The van der Waals surface area contributed by atoms with Gasteiger partial charge in [-0.05, 0) is 32.0 Å². The summed E-state index contributed by atoms with van der Waals surface area (Å²) in [6, 6.07) is 6.29. The molecule has 2 aromatic rings. The Morgan fingerprint density at radius 2 is 2.29 bits per heavy atom. The number of benzene rings is 1. The van der Waals surface area contributed by atoms with Crippen LogP contribution in [0.25, 0.3) is 10.9 Å². The Morgan fingerprint density at radius 1 is 1.48 bits per heavy atom. The number of aliphatic hydroxyl groups excluding tert-OH is 1. The smallest absolute Gasteiger partial charge is 0.115 e. The number of fused-ring (bicyclic) bond motifs is 1. The Labute approximate surface area is 133 Å². The monoisotopic (exact) mass is 323 g/mol. The Kier molecular flexibility index (Phi) is 4.15. The van der Waals surface area contributed by atoms with Crippen molar-refractivity contribution in [3.05, 3.63) is 28.9 Å². The maximum atomic E-state index is 9.19. The predicted octanol–water partition coefficient (Wildman–Crippen LogP) is 3.50. The van der Waals surface area contributed by atoms with E-state index in [1.165, 1.54) is 0 Å². The molecule has 1 aliphatic rings. The second-order valence-electron chi connectivity index (χ2n) is 5.48. The van der Waals surface area contributed by atoms with Crippen molar-refractivity contribution in [2.45, 2.75) is 25.9 Å². The fourth-order valence-corrected chi connectivity index (χ4v) is 3.65. The number of aliphatic imine (C=N–C) groups is 1. The van der Waals surface area contributed by atoms with E-state index in [0.29, 0.717) is 11.1 Å². The van der Waals surface area contributed by atoms with Gasteiger partial charge >= 0.3 is 0 Å². The van der Waals surface area contributed by atoms with Gasteiger partial charge in [-0.2, -0.15) is 0 Å². The highest BCUT2D eigenvalue weighted by atomic mass is 35.5. The van der Waals surface area contributed by atoms with E-state index >= 15 is 0 Å². The van der Waals surface area contributed by atoms with Gasteiger partial charge in [0.1, 0.15) is 5.04 Å². The van der Waals surface area contributed by atoms with E-state index in [4.69, 9.17) is 11.6 Å². The van der Waals surface area contributed by atoms with E-state index in [1.807, 2.05) is 12.1 Å². The van der Waals surface area contributed by atoms with Gasteiger partial charge in [0.05, 0.1) is 29.5 Å². The van der Waals surface area contributed by atoms with Gasteiger partial charge in [-0.15, -0.1) is 11.8 Å². The minimum Gasteiger partial charge on any atom is -0.394 e. The number of H-pyrrole nitrogens is 1. The van der Waals surface area contributed by atoms with Crippen LogP contribution in [-0.2, 0) is 0 Å². The van der Waals surface area contributed by atoms with Crippen molar-refractivity contribution in [3.63, 3.8) is 0 Å². The van der Waals surface area contributed by atoms with Crippen LogP contribution >= 0.6 is 23.4 Å². The van der Waals surface area contributed by atoms with Crippen LogP contribution in [0.5, 0.6) is 0 Å². The summed E-state index contributed by atoms with van der Waals surface area (Å²) in [5, 5.41) is 15.3. The molecule has 0 fully saturated rings. The largest absolute Gasteiger partial charge is 0.394 e. The highest BCUT2D eigenvalue weighted by molar-refractivity contribution is 8.14. The summed E-state index contributed by atoms with van der Waals surface area (Å²) in [6.07, 6.45) is 0. The zero-order valence-corrected chi connectivity index (χ0v) is 13.6. The SMILES string of the molecule is CC(C)Nc1cc(Cl)cc2cc(C3=NC(CO)CS3)[nH]c12. The van der Waals surface area contributed by atoms with Crippen LogP contribution in [0.15, 0.2) is 23.2 Å². The molecule has 1 aromatic carbocycles. The molecule has 6 heteroatoms. The number of hydrogen-bond donors (Lipinski definition) is 3. The lowest BCUT2D eigenvalue weighted by atomic mass is 10.2. The summed E-state index contributed by atoms with van der Waals surface area (Å²) < 4.78 is 0. The third kappa shape index (κ3) is 3.05. The maximum absolute atomic E-state index is 9.19. The molecule has 1 aromatic heterocycles. The predicted molar refractivity (Wildman–Crippen MR) is 91.9 cm³/mol. The Balaban J connectivity index is 2.03. The third-order valence-corrected chi connectivity index (χ3v) is 4.66. The number of anilines is 1. The van der Waals surface area contributed by atoms with E-state index in [0.717, 1.165) is 33.1 Å². The molecule has 3 rings (SSSR count). The van der Waals surface area contributed by atoms with Crippen molar-refractivity contribution >= 4 is 45.0 Å². The number of rotatable bonds is 4. The second kappa shape index (κ2) is 5.91. The summed E-state index contributed by atoms with van der Waals surface area (Å²) >= 11 is 7.87.